The van der Waals surface area contributed by atoms with Gasteiger partial charge < -0.3 is 0 Å². The molecule has 52 valence electrons. The van der Waals surface area contributed by atoms with E-state index in [9.17, 15) is 0 Å². The van der Waals surface area contributed by atoms with Crippen molar-refractivity contribution in [3.8, 4) is 12.1 Å². The van der Waals surface area contributed by atoms with Crippen molar-refractivity contribution >= 4 is 11.8 Å². The van der Waals surface area contributed by atoms with E-state index in [1.807, 2.05) is 11.8 Å². The van der Waals surface area contributed by atoms with Gasteiger partial charge in [-0.25, -0.2) is 0 Å². The van der Waals surface area contributed by atoms with Gasteiger partial charge in [0.05, 0.1) is 12.1 Å². The first kappa shape index (κ1) is 7.44. The largest absolute Gasteiger partial charge is 0.197 e. The van der Waals surface area contributed by atoms with Gasteiger partial charge in [-0.2, -0.15) is 22.3 Å². The molecule has 1 fully saturated rings. The van der Waals surface area contributed by atoms with E-state index in [4.69, 9.17) is 10.5 Å². The van der Waals surface area contributed by atoms with Crippen LogP contribution in [0.5, 0.6) is 0 Å². The van der Waals surface area contributed by atoms with Gasteiger partial charge in [-0.1, -0.05) is 0 Å². The van der Waals surface area contributed by atoms with E-state index in [1.54, 1.807) is 0 Å². The zero-order valence-corrected chi connectivity index (χ0v) is 6.45. The van der Waals surface area contributed by atoms with Gasteiger partial charge in [0.2, 0.25) is 0 Å². The van der Waals surface area contributed by atoms with Gasteiger partial charge in [-0.05, 0) is 24.3 Å². The van der Waals surface area contributed by atoms with Gasteiger partial charge in [0.1, 0.15) is 5.41 Å². The molecule has 10 heavy (non-hydrogen) atoms. The molecule has 0 aliphatic carbocycles. The SMILES string of the molecule is N#CC1(C#N)CCSCC1. The number of nitrogens with zero attached hydrogens (tertiary/aromatic N) is 2. The van der Waals surface area contributed by atoms with E-state index >= 15 is 0 Å². The molecule has 0 radical (unpaired) electrons. The highest BCUT2D eigenvalue weighted by atomic mass is 32.2. The van der Waals surface area contributed by atoms with E-state index < -0.39 is 5.41 Å². The Morgan fingerprint density at radius 1 is 1.10 bits per heavy atom. The van der Waals surface area contributed by atoms with Crippen LogP contribution in [0.3, 0.4) is 0 Å². The van der Waals surface area contributed by atoms with Gasteiger partial charge in [-0.15, -0.1) is 0 Å². The van der Waals surface area contributed by atoms with Crippen molar-refractivity contribution in [3.05, 3.63) is 0 Å². The Labute approximate surface area is 64.8 Å². The molecule has 0 atom stereocenters. The minimum atomic E-state index is -0.648. The molecule has 1 aliphatic rings. The summed E-state index contributed by atoms with van der Waals surface area (Å²) in [5.74, 6) is 1.92. The average molecular weight is 152 g/mol. The van der Waals surface area contributed by atoms with E-state index in [-0.39, 0.29) is 0 Å². The molecule has 0 bridgehead atoms. The maximum Gasteiger partial charge on any atom is 0.145 e. The van der Waals surface area contributed by atoms with Gasteiger partial charge in [0, 0.05) is 0 Å². The van der Waals surface area contributed by atoms with Gasteiger partial charge in [0.15, 0.2) is 0 Å². The summed E-state index contributed by atoms with van der Waals surface area (Å²) in [7, 11) is 0. The molecule has 0 aromatic heterocycles. The van der Waals surface area contributed by atoms with Gasteiger partial charge in [-0.3, -0.25) is 0 Å². The van der Waals surface area contributed by atoms with Crippen molar-refractivity contribution < 1.29 is 0 Å². The van der Waals surface area contributed by atoms with Crippen LogP contribution < -0.4 is 0 Å². The Bertz CT molecular complexity index is 177. The monoisotopic (exact) mass is 152 g/mol. The zero-order chi connectivity index (χ0) is 7.45. The molecule has 1 aliphatic heterocycles. The molecule has 0 unspecified atom stereocenters. The van der Waals surface area contributed by atoms with Crippen molar-refractivity contribution in [1.82, 2.24) is 0 Å². The Morgan fingerprint density at radius 3 is 1.90 bits per heavy atom. The molecule has 0 aromatic rings. The van der Waals surface area contributed by atoms with E-state index in [1.165, 1.54) is 0 Å². The quantitative estimate of drug-likeness (QED) is 0.529. The topological polar surface area (TPSA) is 47.6 Å². The Kier molecular flexibility index (Phi) is 2.19. The lowest BCUT2D eigenvalue weighted by molar-refractivity contribution is 0.482. The number of hydrogen-bond acceptors (Lipinski definition) is 3. The van der Waals surface area contributed by atoms with Crippen LogP contribution in [0, 0.1) is 28.1 Å². The molecule has 0 amide bonds. The van der Waals surface area contributed by atoms with Crippen molar-refractivity contribution in [2.75, 3.05) is 11.5 Å². The lowest BCUT2D eigenvalue weighted by atomic mass is 9.85. The smallest absolute Gasteiger partial charge is 0.145 e. The highest BCUT2D eigenvalue weighted by Gasteiger charge is 2.31. The Balaban J connectivity index is 2.67. The fourth-order valence-electron chi connectivity index (χ4n) is 0.968. The maximum atomic E-state index is 8.66. The van der Waals surface area contributed by atoms with E-state index in [0.717, 1.165) is 24.3 Å². The van der Waals surface area contributed by atoms with E-state index in [2.05, 4.69) is 12.1 Å². The van der Waals surface area contributed by atoms with Gasteiger partial charge in [0.25, 0.3) is 0 Å². The summed E-state index contributed by atoms with van der Waals surface area (Å²) >= 11 is 1.83. The molecule has 3 heteroatoms. The first-order chi connectivity index (χ1) is 4.83. The number of thioether (sulfide) groups is 1. The molecule has 0 saturated carbocycles. The first-order valence-corrected chi connectivity index (χ1v) is 4.39. The standard InChI is InChI=1S/C7H8N2S/c8-5-7(6-9)1-3-10-4-2-7/h1-4H2. The van der Waals surface area contributed by atoms with Crippen molar-refractivity contribution in [2.45, 2.75) is 12.8 Å². The van der Waals surface area contributed by atoms with E-state index in [0.29, 0.717) is 0 Å². The highest BCUT2D eigenvalue weighted by Crippen LogP contribution is 2.33. The molecule has 0 spiro atoms. The fourth-order valence-corrected chi connectivity index (χ4v) is 2.16. The second kappa shape index (κ2) is 2.94. The van der Waals surface area contributed by atoms with Crippen LogP contribution in [0.15, 0.2) is 0 Å². The average Bonchev–Trinajstić information content (AvgIpc) is 2.06. The van der Waals surface area contributed by atoms with Crippen LogP contribution in [0.4, 0.5) is 0 Å². The summed E-state index contributed by atoms with van der Waals surface area (Å²) in [5, 5.41) is 17.3. The highest BCUT2D eigenvalue weighted by molar-refractivity contribution is 7.99. The third-order valence-electron chi connectivity index (χ3n) is 1.77. The van der Waals surface area contributed by atoms with Crippen LogP contribution >= 0.6 is 11.8 Å². The minimum Gasteiger partial charge on any atom is -0.197 e. The number of rotatable bonds is 0. The van der Waals surface area contributed by atoms with Crippen molar-refractivity contribution in [1.29, 1.82) is 10.5 Å². The summed E-state index contributed by atoms with van der Waals surface area (Å²) in [6.45, 7) is 0. The predicted octanol–water partition coefficient (Wildman–Crippen LogP) is 1.55. The number of hydrogen-bond donors (Lipinski definition) is 0. The second-order valence-electron chi connectivity index (χ2n) is 2.42. The molecule has 1 heterocycles. The summed E-state index contributed by atoms with van der Waals surface area (Å²) in [6, 6.07) is 4.19. The number of nitriles is 2. The van der Waals surface area contributed by atoms with Crippen LogP contribution in [-0.2, 0) is 0 Å². The Morgan fingerprint density at radius 2 is 1.60 bits per heavy atom. The summed E-state index contributed by atoms with van der Waals surface area (Å²) < 4.78 is 0. The van der Waals surface area contributed by atoms with Crippen molar-refractivity contribution in [3.63, 3.8) is 0 Å². The van der Waals surface area contributed by atoms with Crippen LogP contribution in [0.2, 0.25) is 0 Å². The summed E-state index contributed by atoms with van der Waals surface area (Å²) in [5.41, 5.74) is -0.648. The third-order valence-corrected chi connectivity index (χ3v) is 2.76. The normalized spacial score (nSPS) is 22.6. The summed E-state index contributed by atoms with van der Waals surface area (Å²) in [4.78, 5) is 0. The Hall–Kier alpha value is -0.670. The molecule has 0 aromatic carbocycles. The lowest BCUT2D eigenvalue weighted by Crippen LogP contribution is -2.22. The van der Waals surface area contributed by atoms with Gasteiger partial charge >= 0.3 is 0 Å². The molecule has 2 nitrogen and oxygen atoms in total. The lowest BCUT2D eigenvalue weighted by Gasteiger charge is -2.22. The maximum absolute atomic E-state index is 8.66. The fraction of sp³-hybridized carbons (Fsp3) is 0.714. The predicted molar refractivity (Wildman–Crippen MR) is 40.2 cm³/mol. The second-order valence-corrected chi connectivity index (χ2v) is 3.64. The first-order valence-electron chi connectivity index (χ1n) is 3.23. The molecule has 1 saturated heterocycles. The van der Waals surface area contributed by atoms with Crippen molar-refractivity contribution in [2.24, 2.45) is 5.41 Å². The zero-order valence-electron chi connectivity index (χ0n) is 5.63. The van der Waals surface area contributed by atoms with Crippen LogP contribution in [0.1, 0.15) is 12.8 Å². The molecule has 0 N–H and O–H groups in total. The summed E-state index contributed by atoms with van der Waals surface area (Å²) in [6.07, 6.45) is 1.48. The van der Waals surface area contributed by atoms with Crippen LogP contribution in [0.25, 0.3) is 0 Å². The third kappa shape index (κ3) is 1.25. The molecular weight excluding hydrogens is 144 g/mol. The minimum absolute atomic E-state index is 0.648. The van der Waals surface area contributed by atoms with Crippen LogP contribution in [-0.4, -0.2) is 11.5 Å². The molecule has 1 rings (SSSR count). The molecular formula is C7H8N2S.